The summed E-state index contributed by atoms with van der Waals surface area (Å²) >= 11 is 0. The average Bonchev–Trinajstić information content (AvgIpc) is 2.47. The van der Waals surface area contributed by atoms with E-state index in [0.29, 0.717) is 11.7 Å². The van der Waals surface area contributed by atoms with Crippen molar-refractivity contribution in [1.82, 2.24) is 9.88 Å². The van der Waals surface area contributed by atoms with Gasteiger partial charge in [-0.25, -0.2) is 4.98 Å². The number of pyridine rings is 1. The molecule has 1 aromatic rings. The average molecular weight is 244 g/mol. The summed E-state index contributed by atoms with van der Waals surface area (Å²) in [5.74, 6) is 0. The lowest BCUT2D eigenvalue weighted by Crippen LogP contribution is -2.43. The van der Waals surface area contributed by atoms with Gasteiger partial charge < -0.3 is 9.80 Å². The molecule has 18 heavy (non-hydrogen) atoms. The van der Waals surface area contributed by atoms with E-state index in [2.05, 4.69) is 28.8 Å². The summed E-state index contributed by atoms with van der Waals surface area (Å²) in [6.07, 6.45) is 4.19. The van der Waals surface area contributed by atoms with Crippen molar-refractivity contribution in [2.75, 3.05) is 31.6 Å². The summed E-state index contributed by atoms with van der Waals surface area (Å²) < 4.78 is 0. The number of hydrogen-bond acceptors (Lipinski definition) is 4. The molecule has 96 valence electrons. The Hall–Kier alpha value is -1.60. The highest BCUT2D eigenvalue weighted by Gasteiger charge is 2.21. The van der Waals surface area contributed by atoms with Gasteiger partial charge in [0.1, 0.15) is 11.8 Å². The van der Waals surface area contributed by atoms with E-state index in [1.165, 1.54) is 25.9 Å². The maximum atomic E-state index is 8.74. The van der Waals surface area contributed by atoms with E-state index >= 15 is 0 Å². The van der Waals surface area contributed by atoms with Crippen LogP contribution >= 0.6 is 0 Å². The Kier molecular flexibility index (Phi) is 4.16. The topological polar surface area (TPSA) is 43.2 Å². The minimum absolute atomic E-state index is 0.480. The largest absolute Gasteiger partial charge is 0.370 e. The zero-order chi connectivity index (χ0) is 13.0. The lowest BCUT2D eigenvalue weighted by molar-refractivity contribution is 0.221. The van der Waals surface area contributed by atoms with Gasteiger partial charge in [-0.05, 0) is 31.5 Å². The van der Waals surface area contributed by atoms with Crippen molar-refractivity contribution < 1.29 is 0 Å². The van der Waals surface area contributed by atoms with Gasteiger partial charge in [-0.15, -0.1) is 0 Å². The van der Waals surface area contributed by atoms with E-state index < -0.39 is 0 Å². The van der Waals surface area contributed by atoms with Crippen LogP contribution in [-0.4, -0.2) is 42.6 Å². The summed E-state index contributed by atoms with van der Waals surface area (Å²) in [6.45, 7) is 5.72. The molecule has 1 aromatic heterocycles. The van der Waals surface area contributed by atoms with Crippen LogP contribution in [0.25, 0.3) is 0 Å². The lowest BCUT2D eigenvalue weighted by atomic mass is 10.0. The maximum Gasteiger partial charge on any atom is 0.140 e. The van der Waals surface area contributed by atoms with Crippen molar-refractivity contribution in [3.8, 4) is 6.07 Å². The first-order chi connectivity index (χ1) is 8.74. The van der Waals surface area contributed by atoms with Crippen molar-refractivity contribution in [3.63, 3.8) is 0 Å². The summed E-state index contributed by atoms with van der Waals surface area (Å²) in [5, 5.41) is 8.74. The van der Waals surface area contributed by atoms with Gasteiger partial charge in [0.15, 0.2) is 0 Å². The molecule has 1 aliphatic heterocycles. The third-order valence-electron chi connectivity index (χ3n) is 3.82. The minimum atomic E-state index is 0.480. The van der Waals surface area contributed by atoms with Crippen molar-refractivity contribution in [2.24, 2.45) is 0 Å². The van der Waals surface area contributed by atoms with Crippen LogP contribution in [-0.2, 0) is 0 Å². The molecule has 0 amide bonds. The number of likely N-dealkylation sites (tertiary alicyclic amines) is 1. The molecule has 2 rings (SSSR count). The fraction of sp³-hybridized carbons (Fsp3) is 0.571. The molecule has 0 spiro atoms. The van der Waals surface area contributed by atoms with Gasteiger partial charge in [-0.1, -0.05) is 6.92 Å². The van der Waals surface area contributed by atoms with Crippen LogP contribution in [0.15, 0.2) is 18.3 Å². The van der Waals surface area contributed by atoms with Gasteiger partial charge in [0, 0.05) is 26.2 Å². The molecule has 0 aliphatic carbocycles. The predicted molar refractivity (Wildman–Crippen MR) is 72.5 cm³/mol. The quantitative estimate of drug-likeness (QED) is 0.814. The highest BCUT2D eigenvalue weighted by atomic mass is 15.2. The van der Waals surface area contributed by atoms with Crippen LogP contribution in [0.5, 0.6) is 0 Å². The van der Waals surface area contributed by atoms with Gasteiger partial charge >= 0.3 is 0 Å². The number of aromatic nitrogens is 1. The number of nitriles is 1. The Labute approximate surface area is 109 Å². The number of rotatable bonds is 3. The molecule has 1 saturated heterocycles. The van der Waals surface area contributed by atoms with Crippen LogP contribution in [0.1, 0.15) is 25.5 Å². The van der Waals surface area contributed by atoms with Gasteiger partial charge in [0.2, 0.25) is 0 Å². The Balaban J connectivity index is 1.98. The van der Waals surface area contributed by atoms with E-state index in [1.54, 1.807) is 12.3 Å². The highest BCUT2D eigenvalue weighted by molar-refractivity contribution is 5.46. The van der Waals surface area contributed by atoms with Crippen LogP contribution in [0.4, 0.5) is 5.69 Å². The smallest absolute Gasteiger partial charge is 0.140 e. The maximum absolute atomic E-state index is 8.74. The molecule has 1 fully saturated rings. The fourth-order valence-corrected chi connectivity index (χ4v) is 2.49. The van der Waals surface area contributed by atoms with Gasteiger partial charge in [0.25, 0.3) is 0 Å². The number of nitrogens with zero attached hydrogens (tertiary/aromatic N) is 4. The van der Waals surface area contributed by atoms with Crippen LogP contribution in [0.2, 0.25) is 0 Å². The Bertz CT molecular complexity index is 412. The van der Waals surface area contributed by atoms with Crippen molar-refractivity contribution in [1.29, 1.82) is 5.26 Å². The van der Waals surface area contributed by atoms with Crippen molar-refractivity contribution in [2.45, 2.75) is 25.8 Å². The molecule has 4 heteroatoms. The lowest BCUT2D eigenvalue weighted by Gasteiger charge is -2.37. The van der Waals surface area contributed by atoms with E-state index in [1.807, 2.05) is 12.1 Å². The van der Waals surface area contributed by atoms with Gasteiger partial charge in [-0.3, -0.25) is 0 Å². The molecule has 0 N–H and O–H groups in total. The van der Waals surface area contributed by atoms with E-state index in [9.17, 15) is 0 Å². The zero-order valence-electron chi connectivity index (χ0n) is 11.1. The molecule has 0 unspecified atom stereocenters. The minimum Gasteiger partial charge on any atom is -0.370 e. The van der Waals surface area contributed by atoms with E-state index in [-0.39, 0.29) is 0 Å². The molecule has 1 aliphatic rings. The SMILES string of the molecule is CCN1CCC(N(C)c2ccc(C#N)nc2)CC1. The molecule has 0 radical (unpaired) electrons. The fourth-order valence-electron chi connectivity index (χ4n) is 2.49. The standard InChI is InChI=1S/C14H20N4/c1-3-18-8-6-13(7-9-18)17(2)14-5-4-12(10-15)16-11-14/h4-5,11,13H,3,6-9H2,1-2H3. The normalized spacial score (nSPS) is 17.4. The summed E-state index contributed by atoms with van der Waals surface area (Å²) in [6, 6.07) is 6.40. The summed E-state index contributed by atoms with van der Waals surface area (Å²) in [4.78, 5) is 8.91. The number of anilines is 1. The van der Waals surface area contributed by atoms with Crippen molar-refractivity contribution >= 4 is 5.69 Å². The molecule has 0 aromatic carbocycles. The van der Waals surface area contributed by atoms with Gasteiger partial charge in [-0.2, -0.15) is 5.26 Å². The first-order valence-electron chi connectivity index (χ1n) is 6.56. The van der Waals surface area contributed by atoms with E-state index in [4.69, 9.17) is 5.26 Å². The summed E-state index contributed by atoms with van der Waals surface area (Å²) in [5.41, 5.74) is 1.58. The molecule has 0 saturated carbocycles. The zero-order valence-corrected chi connectivity index (χ0v) is 11.1. The number of piperidine rings is 1. The first kappa shape index (κ1) is 12.8. The van der Waals surface area contributed by atoms with Crippen LogP contribution < -0.4 is 4.90 Å². The monoisotopic (exact) mass is 244 g/mol. The third kappa shape index (κ3) is 2.80. The van der Waals surface area contributed by atoms with E-state index in [0.717, 1.165) is 12.2 Å². The van der Waals surface area contributed by atoms with Crippen LogP contribution in [0.3, 0.4) is 0 Å². The second-order valence-electron chi connectivity index (χ2n) is 4.79. The number of hydrogen-bond donors (Lipinski definition) is 0. The third-order valence-corrected chi connectivity index (χ3v) is 3.82. The molecular formula is C14H20N4. The second kappa shape index (κ2) is 5.83. The first-order valence-corrected chi connectivity index (χ1v) is 6.56. The Morgan fingerprint density at radius 1 is 1.44 bits per heavy atom. The molecular weight excluding hydrogens is 224 g/mol. The van der Waals surface area contributed by atoms with Crippen LogP contribution in [0, 0.1) is 11.3 Å². The molecule has 4 nitrogen and oxygen atoms in total. The molecule has 0 atom stereocenters. The molecule has 2 heterocycles. The highest BCUT2D eigenvalue weighted by Crippen LogP contribution is 2.21. The Morgan fingerprint density at radius 2 is 2.17 bits per heavy atom. The molecule has 0 bridgehead atoms. The predicted octanol–water partition coefficient (Wildman–Crippen LogP) is 1.87. The second-order valence-corrected chi connectivity index (χ2v) is 4.79. The summed E-state index contributed by atoms with van der Waals surface area (Å²) in [7, 11) is 2.12. The van der Waals surface area contributed by atoms with Gasteiger partial charge in [0.05, 0.1) is 11.9 Å². The van der Waals surface area contributed by atoms with Crippen molar-refractivity contribution in [3.05, 3.63) is 24.0 Å². The Morgan fingerprint density at radius 3 is 2.67 bits per heavy atom.